The van der Waals surface area contributed by atoms with Gasteiger partial charge in [-0.1, -0.05) is 0 Å². The van der Waals surface area contributed by atoms with Crippen molar-refractivity contribution in [2.75, 3.05) is 0 Å². The molecule has 0 bridgehead atoms. The Morgan fingerprint density at radius 2 is 2.25 bits per heavy atom. The van der Waals surface area contributed by atoms with Gasteiger partial charge in [0.1, 0.15) is 11.4 Å². The third kappa shape index (κ3) is 2.52. The predicted molar refractivity (Wildman–Crippen MR) is 77.2 cm³/mol. The largest absolute Gasteiger partial charge is 0.490 e. The maximum Gasteiger partial charge on any atom is 0.241 e. The second-order valence-corrected chi connectivity index (χ2v) is 5.04. The van der Waals surface area contributed by atoms with Gasteiger partial charge in [-0.3, -0.25) is 4.79 Å². The van der Waals surface area contributed by atoms with Gasteiger partial charge in [0.15, 0.2) is 0 Å². The number of nitrogens with two attached hydrogens (primary N) is 1. The monoisotopic (exact) mass is 271 g/mol. The lowest BCUT2D eigenvalue weighted by Crippen LogP contribution is -2.11. The van der Waals surface area contributed by atoms with Crippen LogP contribution in [0.5, 0.6) is 5.75 Å². The van der Waals surface area contributed by atoms with Crippen molar-refractivity contribution >= 4 is 23.0 Å². The number of H-pyrrole nitrogens is 1. The summed E-state index contributed by atoms with van der Waals surface area (Å²) in [6.45, 7) is 0. The van der Waals surface area contributed by atoms with E-state index >= 15 is 0 Å². The number of pyridine rings is 1. The van der Waals surface area contributed by atoms with E-state index in [1.165, 1.54) is 18.9 Å². The van der Waals surface area contributed by atoms with Crippen molar-refractivity contribution in [2.24, 2.45) is 5.73 Å². The van der Waals surface area contributed by atoms with Crippen molar-refractivity contribution in [1.29, 1.82) is 0 Å². The molecule has 1 saturated carbocycles. The molecule has 0 aromatic carbocycles. The minimum atomic E-state index is -0.471. The molecular formula is C15H17N3O2. The van der Waals surface area contributed by atoms with E-state index in [1.54, 1.807) is 18.5 Å². The molecule has 1 aliphatic rings. The van der Waals surface area contributed by atoms with Gasteiger partial charge < -0.3 is 15.5 Å². The van der Waals surface area contributed by atoms with Crippen LogP contribution < -0.4 is 10.5 Å². The molecule has 0 atom stereocenters. The van der Waals surface area contributed by atoms with Gasteiger partial charge >= 0.3 is 0 Å². The van der Waals surface area contributed by atoms with Gasteiger partial charge in [-0.15, -0.1) is 0 Å². The SMILES string of the molecule is NC(=O)C=Cc1c[nH]c2nccc(OC3CCCC3)c12. The predicted octanol–water partition coefficient (Wildman–Crippen LogP) is 2.38. The van der Waals surface area contributed by atoms with Crippen molar-refractivity contribution in [3.05, 3.63) is 30.1 Å². The molecule has 0 aliphatic heterocycles. The molecule has 1 aliphatic carbocycles. The molecule has 2 aromatic heterocycles. The fourth-order valence-electron chi connectivity index (χ4n) is 2.64. The standard InChI is InChI=1S/C15H17N3O2/c16-13(19)6-5-10-9-18-15-14(10)12(7-8-17-15)20-11-3-1-2-4-11/h5-9,11H,1-4H2,(H2,16,19)(H,17,18). The molecule has 0 spiro atoms. The Morgan fingerprint density at radius 3 is 3.00 bits per heavy atom. The minimum absolute atomic E-state index is 0.281. The van der Waals surface area contributed by atoms with Crippen molar-refractivity contribution in [1.82, 2.24) is 9.97 Å². The van der Waals surface area contributed by atoms with Gasteiger partial charge in [0, 0.05) is 24.0 Å². The number of aromatic amines is 1. The quantitative estimate of drug-likeness (QED) is 0.838. The second kappa shape index (κ2) is 5.36. The highest BCUT2D eigenvalue weighted by molar-refractivity contribution is 5.96. The first-order chi connectivity index (χ1) is 9.74. The lowest BCUT2D eigenvalue weighted by atomic mass is 10.2. The topological polar surface area (TPSA) is 81.0 Å². The molecule has 2 heterocycles. The maximum atomic E-state index is 10.9. The summed E-state index contributed by atoms with van der Waals surface area (Å²) in [6.07, 6.45) is 11.5. The molecule has 0 radical (unpaired) electrons. The number of nitrogens with one attached hydrogen (secondary N) is 1. The molecule has 104 valence electrons. The molecule has 1 fully saturated rings. The number of aromatic nitrogens is 2. The Bertz CT molecular complexity index is 654. The summed E-state index contributed by atoms with van der Waals surface area (Å²) in [4.78, 5) is 18.2. The number of rotatable bonds is 4. The van der Waals surface area contributed by atoms with Crippen LogP contribution in [0.2, 0.25) is 0 Å². The first kappa shape index (κ1) is 12.7. The van der Waals surface area contributed by atoms with Crippen LogP contribution in [-0.4, -0.2) is 22.0 Å². The van der Waals surface area contributed by atoms with Crippen LogP contribution in [0.1, 0.15) is 31.2 Å². The molecule has 5 heteroatoms. The molecular weight excluding hydrogens is 254 g/mol. The van der Waals surface area contributed by atoms with E-state index in [9.17, 15) is 4.79 Å². The molecule has 20 heavy (non-hydrogen) atoms. The number of fused-ring (bicyclic) bond motifs is 1. The van der Waals surface area contributed by atoms with E-state index in [-0.39, 0.29) is 6.10 Å². The number of nitrogens with zero attached hydrogens (tertiary/aromatic N) is 1. The molecule has 1 amide bonds. The van der Waals surface area contributed by atoms with E-state index < -0.39 is 5.91 Å². The van der Waals surface area contributed by atoms with Crippen LogP contribution in [0.25, 0.3) is 17.1 Å². The van der Waals surface area contributed by atoms with Crippen molar-refractivity contribution in [3.63, 3.8) is 0 Å². The Morgan fingerprint density at radius 1 is 1.45 bits per heavy atom. The number of hydrogen-bond donors (Lipinski definition) is 2. The number of ether oxygens (including phenoxy) is 1. The van der Waals surface area contributed by atoms with Crippen LogP contribution in [0.15, 0.2) is 24.5 Å². The summed E-state index contributed by atoms with van der Waals surface area (Å²) in [6, 6.07) is 1.87. The van der Waals surface area contributed by atoms with Crippen LogP contribution >= 0.6 is 0 Å². The van der Waals surface area contributed by atoms with Crippen molar-refractivity contribution < 1.29 is 9.53 Å². The minimum Gasteiger partial charge on any atom is -0.490 e. The van der Waals surface area contributed by atoms with Crippen molar-refractivity contribution in [2.45, 2.75) is 31.8 Å². The fourth-order valence-corrected chi connectivity index (χ4v) is 2.64. The second-order valence-electron chi connectivity index (χ2n) is 5.04. The third-order valence-corrected chi connectivity index (χ3v) is 3.59. The van der Waals surface area contributed by atoms with Gasteiger partial charge in [-0.2, -0.15) is 0 Å². The zero-order valence-corrected chi connectivity index (χ0v) is 11.1. The zero-order valence-electron chi connectivity index (χ0n) is 11.1. The zero-order chi connectivity index (χ0) is 13.9. The summed E-state index contributed by atoms with van der Waals surface area (Å²) < 4.78 is 6.08. The highest BCUT2D eigenvalue weighted by Crippen LogP contribution is 2.31. The van der Waals surface area contributed by atoms with E-state index in [2.05, 4.69) is 9.97 Å². The van der Waals surface area contributed by atoms with Crippen LogP contribution in [-0.2, 0) is 4.79 Å². The Kier molecular flexibility index (Phi) is 3.41. The number of hydrogen-bond acceptors (Lipinski definition) is 3. The lowest BCUT2D eigenvalue weighted by molar-refractivity contribution is -0.113. The number of carbonyl (C=O) groups is 1. The van der Waals surface area contributed by atoms with E-state index in [1.807, 2.05) is 6.07 Å². The third-order valence-electron chi connectivity index (χ3n) is 3.59. The average Bonchev–Trinajstić information content (AvgIpc) is 3.06. The summed E-state index contributed by atoms with van der Waals surface area (Å²) in [5, 5.41) is 0.900. The summed E-state index contributed by atoms with van der Waals surface area (Å²) in [5.41, 5.74) is 6.76. The van der Waals surface area contributed by atoms with Gasteiger partial charge in [0.2, 0.25) is 5.91 Å². The summed E-state index contributed by atoms with van der Waals surface area (Å²) >= 11 is 0. The number of amides is 1. The number of carbonyl (C=O) groups excluding carboxylic acids is 1. The average molecular weight is 271 g/mol. The van der Waals surface area contributed by atoms with Gasteiger partial charge in [0.25, 0.3) is 0 Å². The molecule has 5 nitrogen and oxygen atoms in total. The molecule has 3 N–H and O–H groups in total. The highest BCUT2D eigenvalue weighted by atomic mass is 16.5. The summed E-state index contributed by atoms with van der Waals surface area (Å²) in [5.74, 6) is 0.341. The lowest BCUT2D eigenvalue weighted by Gasteiger charge is -2.14. The fraction of sp³-hybridized carbons (Fsp3) is 0.333. The molecule has 2 aromatic rings. The Labute approximate surface area is 116 Å². The van der Waals surface area contributed by atoms with Gasteiger partial charge in [-0.25, -0.2) is 4.98 Å². The van der Waals surface area contributed by atoms with E-state index in [0.29, 0.717) is 0 Å². The van der Waals surface area contributed by atoms with Gasteiger partial charge in [0.05, 0.1) is 11.5 Å². The first-order valence-corrected chi connectivity index (χ1v) is 6.84. The van der Waals surface area contributed by atoms with Gasteiger partial charge in [-0.05, 0) is 37.8 Å². The molecule has 0 unspecified atom stereocenters. The molecule has 0 saturated heterocycles. The highest BCUT2D eigenvalue weighted by Gasteiger charge is 2.18. The Hall–Kier alpha value is -2.30. The van der Waals surface area contributed by atoms with Crippen molar-refractivity contribution in [3.8, 4) is 5.75 Å². The van der Waals surface area contributed by atoms with Crippen LogP contribution in [0.3, 0.4) is 0 Å². The maximum absolute atomic E-state index is 10.9. The van der Waals surface area contributed by atoms with E-state index in [0.717, 1.165) is 35.2 Å². The summed E-state index contributed by atoms with van der Waals surface area (Å²) in [7, 11) is 0. The van der Waals surface area contributed by atoms with E-state index in [4.69, 9.17) is 10.5 Å². The Balaban J connectivity index is 1.97. The first-order valence-electron chi connectivity index (χ1n) is 6.84. The smallest absolute Gasteiger partial charge is 0.241 e. The van der Waals surface area contributed by atoms with Crippen LogP contribution in [0.4, 0.5) is 0 Å². The molecule has 3 rings (SSSR count). The van der Waals surface area contributed by atoms with Crippen LogP contribution in [0, 0.1) is 0 Å². The normalized spacial score (nSPS) is 16.2. The number of primary amides is 1.